The first-order valence-electron chi connectivity index (χ1n) is 9.78. The molecule has 4 aromatic rings. The lowest BCUT2D eigenvalue weighted by atomic mass is 10.2. The molecule has 4 rings (SSSR count). The smallest absolute Gasteiger partial charge is 0.323 e. The maximum Gasteiger partial charge on any atom is 0.323 e. The monoisotopic (exact) mass is 467 g/mol. The minimum Gasteiger partial charge on any atom is -0.493 e. The number of hydrogen-bond donors (Lipinski definition) is 2. The number of nitrogens with one attached hydrogen (secondary N) is 2. The van der Waals surface area contributed by atoms with Gasteiger partial charge in [-0.2, -0.15) is 0 Å². The lowest BCUT2D eigenvalue weighted by Crippen LogP contribution is -2.20. The Labute approximate surface area is 194 Å². The number of urea groups is 1. The minimum atomic E-state index is -0.661. The maximum atomic E-state index is 14.7. The molecule has 9 heteroatoms. The van der Waals surface area contributed by atoms with Gasteiger partial charge in [-0.1, -0.05) is 17.7 Å². The van der Waals surface area contributed by atoms with Crippen molar-refractivity contribution in [3.05, 3.63) is 77.7 Å². The van der Waals surface area contributed by atoms with Gasteiger partial charge in [0.1, 0.15) is 17.3 Å². The number of fused-ring (bicyclic) bond motifs is 1. The Bertz CT molecular complexity index is 1330. The number of hydrogen-bond acceptors (Lipinski definition) is 5. The van der Waals surface area contributed by atoms with Crippen LogP contribution < -0.4 is 24.8 Å². The summed E-state index contributed by atoms with van der Waals surface area (Å²) in [5.74, 6) is 1.09. The molecule has 0 saturated heterocycles. The standard InChI is InChI=1S/C24H19ClFN3O4/c1-31-22-12-17-20(13-23(22)32-2)27-9-8-21(17)33-16-6-7-19(18(26)11-16)29-24(30)28-15-5-3-4-14(25)10-15/h3-13H,1-2H3,(H2,28,29,30). The molecule has 7 nitrogen and oxygen atoms in total. The Morgan fingerprint density at radius 2 is 1.73 bits per heavy atom. The molecule has 2 N–H and O–H groups in total. The number of halogens is 2. The molecule has 1 aromatic heterocycles. The first-order valence-corrected chi connectivity index (χ1v) is 10.2. The van der Waals surface area contributed by atoms with Crippen molar-refractivity contribution in [1.82, 2.24) is 4.98 Å². The Balaban J connectivity index is 1.52. The van der Waals surface area contributed by atoms with Gasteiger partial charge in [0.15, 0.2) is 11.5 Å². The fourth-order valence-electron chi connectivity index (χ4n) is 3.18. The molecule has 0 aliphatic rings. The Morgan fingerprint density at radius 1 is 0.939 bits per heavy atom. The van der Waals surface area contributed by atoms with Gasteiger partial charge in [-0.25, -0.2) is 9.18 Å². The summed E-state index contributed by atoms with van der Waals surface area (Å²) < 4.78 is 31.2. The predicted octanol–water partition coefficient (Wildman–Crippen LogP) is 6.48. The third-order valence-electron chi connectivity index (χ3n) is 4.71. The summed E-state index contributed by atoms with van der Waals surface area (Å²) in [6.07, 6.45) is 1.58. The molecular weight excluding hydrogens is 449 g/mol. The lowest BCUT2D eigenvalue weighted by Gasteiger charge is -2.13. The third-order valence-corrected chi connectivity index (χ3v) is 4.94. The van der Waals surface area contributed by atoms with Crippen molar-refractivity contribution in [2.45, 2.75) is 0 Å². The highest BCUT2D eigenvalue weighted by Crippen LogP contribution is 2.37. The number of nitrogens with zero attached hydrogens (tertiary/aromatic N) is 1. The summed E-state index contributed by atoms with van der Waals surface area (Å²) in [4.78, 5) is 16.5. The molecule has 33 heavy (non-hydrogen) atoms. The maximum absolute atomic E-state index is 14.7. The number of carbonyl (C=O) groups is 1. The Kier molecular flexibility index (Phi) is 6.46. The fourth-order valence-corrected chi connectivity index (χ4v) is 3.37. The van der Waals surface area contributed by atoms with Gasteiger partial charge in [-0.05, 0) is 42.5 Å². The minimum absolute atomic E-state index is 0.00660. The van der Waals surface area contributed by atoms with Gasteiger partial charge < -0.3 is 24.8 Å². The van der Waals surface area contributed by atoms with Crippen molar-refractivity contribution < 1.29 is 23.4 Å². The molecule has 0 spiro atoms. The van der Waals surface area contributed by atoms with E-state index in [1.807, 2.05) is 0 Å². The van der Waals surface area contributed by atoms with E-state index in [9.17, 15) is 9.18 Å². The topological polar surface area (TPSA) is 81.7 Å². The fraction of sp³-hybridized carbons (Fsp3) is 0.0833. The van der Waals surface area contributed by atoms with E-state index in [2.05, 4.69) is 15.6 Å². The van der Waals surface area contributed by atoms with E-state index in [0.717, 1.165) is 0 Å². The van der Waals surface area contributed by atoms with Crippen LogP contribution in [0.4, 0.5) is 20.6 Å². The summed E-state index contributed by atoms with van der Waals surface area (Å²) in [5.41, 5.74) is 1.10. The second kappa shape index (κ2) is 9.62. The number of rotatable bonds is 6. The normalized spacial score (nSPS) is 10.5. The molecule has 3 aromatic carbocycles. The predicted molar refractivity (Wildman–Crippen MR) is 125 cm³/mol. The van der Waals surface area contributed by atoms with Crippen molar-refractivity contribution in [3.63, 3.8) is 0 Å². The van der Waals surface area contributed by atoms with Crippen molar-refractivity contribution >= 4 is 39.9 Å². The number of carbonyl (C=O) groups excluding carboxylic acids is 1. The first kappa shape index (κ1) is 22.2. The van der Waals surface area contributed by atoms with Crippen molar-refractivity contribution in [2.24, 2.45) is 0 Å². The van der Waals surface area contributed by atoms with Crippen LogP contribution in [0.15, 0.2) is 66.9 Å². The largest absolute Gasteiger partial charge is 0.493 e. The molecule has 0 radical (unpaired) electrons. The molecule has 0 aliphatic heterocycles. The van der Waals surface area contributed by atoms with E-state index >= 15 is 0 Å². The van der Waals surface area contributed by atoms with Crippen molar-refractivity contribution in [3.8, 4) is 23.0 Å². The van der Waals surface area contributed by atoms with Gasteiger partial charge in [0.25, 0.3) is 0 Å². The Morgan fingerprint density at radius 3 is 2.45 bits per heavy atom. The average molecular weight is 468 g/mol. The van der Waals surface area contributed by atoms with Crippen LogP contribution in [0.5, 0.6) is 23.0 Å². The summed E-state index contributed by atoms with van der Waals surface area (Å²) in [6.45, 7) is 0. The summed E-state index contributed by atoms with van der Waals surface area (Å²) in [5, 5.41) is 6.19. The SMILES string of the molecule is COc1cc2nccc(Oc3ccc(NC(=O)Nc4cccc(Cl)c4)c(F)c3)c2cc1OC. The molecule has 1 heterocycles. The van der Waals surface area contributed by atoms with Gasteiger partial charge >= 0.3 is 6.03 Å². The molecule has 0 aliphatic carbocycles. The highest BCUT2D eigenvalue weighted by Gasteiger charge is 2.13. The molecule has 0 bridgehead atoms. The van der Waals surface area contributed by atoms with E-state index in [1.165, 1.54) is 26.4 Å². The van der Waals surface area contributed by atoms with Gasteiger partial charge in [0.05, 0.1) is 25.4 Å². The zero-order valence-electron chi connectivity index (χ0n) is 17.7. The number of benzene rings is 3. The lowest BCUT2D eigenvalue weighted by molar-refractivity contribution is 0.262. The summed E-state index contributed by atoms with van der Waals surface area (Å²) >= 11 is 5.90. The molecule has 2 amide bonds. The van der Waals surface area contributed by atoms with E-state index < -0.39 is 11.8 Å². The second-order valence-electron chi connectivity index (χ2n) is 6.87. The van der Waals surface area contributed by atoms with Crippen molar-refractivity contribution in [2.75, 3.05) is 24.9 Å². The number of aromatic nitrogens is 1. The van der Waals surface area contributed by atoms with Gasteiger partial charge in [-0.15, -0.1) is 0 Å². The van der Waals surface area contributed by atoms with Crippen LogP contribution in [0.2, 0.25) is 5.02 Å². The highest BCUT2D eigenvalue weighted by atomic mass is 35.5. The number of pyridine rings is 1. The first-order chi connectivity index (χ1) is 16.0. The number of ether oxygens (including phenoxy) is 3. The van der Waals surface area contributed by atoms with Crippen LogP contribution in [0, 0.1) is 5.82 Å². The van der Waals surface area contributed by atoms with Gasteiger partial charge in [0, 0.05) is 34.4 Å². The molecular formula is C24H19ClFN3O4. The van der Waals surface area contributed by atoms with E-state index in [0.29, 0.717) is 38.9 Å². The van der Waals surface area contributed by atoms with Crippen LogP contribution in [-0.2, 0) is 0 Å². The third kappa shape index (κ3) is 5.07. The quantitative estimate of drug-likeness (QED) is 0.339. The number of amides is 2. The summed E-state index contributed by atoms with van der Waals surface area (Å²) in [7, 11) is 3.07. The zero-order chi connectivity index (χ0) is 23.4. The van der Waals surface area contributed by atoms with E-state index in [4.69, 9.17) is 25.8 Å². The van der Waals surface area contributed by atoms with Gasteiger partial charge in [-0.3, -0.25) is 4.98 Å². The number of anilines is 2. The zero-order valence-corrected chi connectivity index (χ0v) is 18.4. The molecule has 0 fully saturated rings. The molecule has 0 saturated carbocycles. The van der Waals surface area contributed by atoms with Crippen molar-refractivity contribution in [1.29, 1.82) is 0 Å². The van der Waals surface area contributed by atoms with Crippen LogP contribution >= 0.6 is 11.6 Å². The van der Waals surface area contributed by atoms with Crippen LogP contribution in [0.1, 0.15) is 0 Å². The second-order valence-corrected chi connectivity index (χ2v) is 7.30. The van der Waals surface area contributed by atoms with Crippen LogP contribution in [0.25, 0.3) is 10.9 Å². The average Bonchev–Trinajstić information content (AvgIpc) is 2.80. The van der Waals surface area contributed by atoms with E-state index in [1.54, 1.807) is 54.7 Å². The summed E-state index contributed by atoms with van der Waals surface area (Å²) in [6, 6.07) is 15.3. The van der Waals surface area contributed by atoms with Gasteiger partial charge in [0.2, 0.25) is 0 Å². The number of methoxy groups -OCH3 is 2. The highest BCUT2D eigenvalue weighted by molar-refractivity contribution is 6.30. The molecule has 0 unspecified atom stereocenters. The molecule has 0 atom stereocenters. The molecule has 168 valence electrons. The Hall–Kier alpha value is -4.04. The van der Waals surface area contributed by atoms with Crippen LogP contribution in [-0.4, -0.2) is 25.2 Å². The van der Waals surface area contributed by atoms with E-state index in [-0.39, 0.29) is 11.4 Å². The van der Waals surface area contributed by atoms with Crippen LogP contribution in [0.3, 0.4) is 0 Å².